The molecule has 1 heterocycles. The summed E-state index contributed by atoms with van der Waals surface area (Å²) in [5.41, 5.74) is 1.18. The monoisotopic (exact) mass is 460 g/mol. The first-order valence-electron chi connectivity index (χ1n) is 9.86. The molecule has 3 aromatic rings. The standard InChI is InChI=1S/C22H24N2O5S2/c1-3-24(4-2)31(27,28)18-11-9-16(10-12-18)22(26)23-13-21(25)29-14-17-15-30-20-8-6-5-7-19(17)20/h5-12,15H,3-4,13-14H2,1-2H3,(H,23,26). The van der Waals surface area contributed by atoms with Gasteiger partial charge in [-0.25, -0.2) is 8.42 Å². The zero-order chi connectivity index (χ0) is 22.4. The van der Waals surface area contributed by atoms with Gasteiger partial charge in [-0.1, -0.05) is 32.0 Å². The summed E-state index contributed by atoms with van der Waals surface area (Å²) in [5, 5.41) is 5.49. The molecule has 1 aromatic heterocycles. The maximum atomic E-state index is 12.5. The second-order valence-electron chi connectivity index (χ2n) is 6.71. The minimum absolute atomic E-state index is 0.121. The molecule has 0 unspecified atom stereocenters. The van der Waals surface area contributed by atoms with Crippen molar-refractivity contribution in [1.82, 2.24) is 9.62 Å². The Labute approximate surface area is 185 Å². The van der Waals surface area contributed by atoms with Crippen LogP contribution in [-0.2, 0) is 26.2 Å². The highest BCUT2D eigenvalue weighted by atomic mass is 32.2. The smallest absolute Gasteiger partial charge is 0.325 e. The van der Waals surface area contributed by atoms with Crippen LogP contribution in [0.3, 0.4) is 0 Å². The molecule has 7 nitrogen and oxygen atoms in total. The van der Waals surface area contributed by atoms with E-state index >= 15 is 0 Å². The Kier molecular flexibility index (Phi) is 7.42. The average molecular weight is 461 g/mol. The summed E-state index contributed by atoms with van der Waals surface area (Å²) in [6.07, 6.45) is 0. The molecule has 164 valence electrons. The number of nitrogens with zero attached hydrogens (tertiary/aromatic N) is 1. The van der Waals surface area contributed by atoms with E-state index in [4.69, 9.17) is 4.74 Å². The summed E-state index contributed by atoms with van der Waals surface area (Å²) < 4.78 is 32.7. The normalized spacial score (nSPS) is 11.6. The minimum Gasteiger partial charge on any atom is -0.459 e. The SMILES string of the molecule is CCN(CC)S(=O)(=O)c1ccc(C(=O)NCC(=O)OCc2csc3ccccc23)cc1. The number of hydrogen-bond acceptors (Lipinski definition) is 6. The van der Waals surface area contributed by atoms with Crippen LogP contribution in [0.1, 0.15) is 29.8 Å². The van der Waals surface area contributed by atoms with E-state index in [1.807, 2.05) is 29.6 Å². The fourth-order valence-corrected chi connectivity index (χ4v) is 5.50. The predicted octanol–water partition coefficient (Wildman–Crippen LogP) is 3.41. The van der Waals surface area contributed by atoms with Gasteiger partial charge in [0, 0.05) is 28.9 Å². The molecule has 0 aliphatic rings. The second-order valence-corrected chi connectivity index (χ2v) is 9.56. The van der Waals surface area contributed by atoms with Crippen molar-refractivity contribution in [1.29, 1.82) is 0 Å². The number of fused-ring (bicyclic) bond motifs is 1. The van der Waals surface area contributed by atoms with Gasteiger partial charge in [-0.3, -0.25) is 9.59 Å². The van der Waals surface area contributed by atoms with Gasteiger partial charge in [0.2, 0.25) is 10.0 Å². The number of rotatable bonds is 9. The fraction of sp³-hybridized carbons (Fsp3) is 0.273. The third kappa shape index (κ3) is 5.30. The van der Waals surface area contributed by atoms with Crippen LogP contribution in [0.2, 0.25) is 0 Å². The molecular formula is C22H24N2O5S2. The molecule has 9 heteroatoms. The maximum absolute atomic E-state index is 12.5. The van der Waals surface area contributed by atoms with Gasteiger partial charge in [0.1, 0.15) is 13.2 Å². The van der Waals surface area contributed by atoms with Crippen LogP contribution >= 0.6 is 11.3 Å². The number of esters is 1. The van der Waals surface area contributed by atoms with Gasteiger partial charge in [0.25, 0.3) is 5.91 Å². The van der Waals surface area contributed by atoms with Gasteiger partial charge >= 0.3 is 5.97 Å². The lowest BCUT2D eigenvalue weighted by atomic mass is 10.2. The number of thiophene rings is 1. The molecule has 0 radical (unpaired) electrons. The highest BCUT2D eigenvalue weighted by Gasteiger charge is 2.21. The van der Waals surface area contributed by atoms with Crippen molar-refractivity contribution in [2.24, 2.45) is 0 Å². The molecule has 31 heavy (non-hydrogen) atoms. The van der Waals surface area contributed by atoms with Crippen LogP contribution < -0.4 is 5.32 Å². The van der Waals surface area contributed by atoms with Crippen molar-refractivity contribution < 1.29 is 22.7 Å². The number of amides is 1. The lowest BCUT2D eigenvalue weighted by Crippen LogP contribution is -2.31. The van der Waals surface area contributed by atoms with Crippen LogP contribution in [0.25, 0.3) is 10.1 Å². The first kappa shape index (κ1) is 22.9. The topological polar surface area (TPSA) is 92.8 Å². The molecule has 0 spiro atoms. The van der Waals surface area contributed by atoms with Crippen LogP contribution in [0.5, 0.6) is 0 Å². The number of benzene rings is 2. The molecule has 0 saturated heterocycles. The van der Waals surface area contributed by atoms with Crippen molar-refractivity contribution in [2.75, 3.05) is 19.6 Å². The van der Waals surface area contributed by atoms with E-state index in [1.165, 1.54) is 28.6 Å². The van der Waals surface area contributed by atoms with Gasteiger partial charge in [-0.15, -0.1) is 11.3 Å². The first-order chi connectivity index (χ1) is 14.9. The summed E-state index contributed by atoms with van der Waals surface area (Å²) in [6, 6.07) is 13.5. The Balaban J connectivity index is 1.53. The molecule has 0 bridgehead atoms. The first-order valence-corrected chi connectivity index (χ1v) is 12.2. The molecule has 0 aliphatic heterocycles. The van der Waals surface area contributed by atoms with Crippen molar-refractivity contribution in [3.63, 3.8) is 0 Å². The Bertz CT molecular complexity index is 1170. The number of carbonyl (C=O) groups excluding carboxylic acids is 2. The third-order valence-electron chi connectivity index (χ3n) is 4.80. The summed E-state index contributed by atoms with van der Waals surface area (Å²) in [4.78, 5) is 24.4. The number of nitrogens with one attached hydrogen (secondary N) is 1. The predicted molar refractivity (Wildman–Crippen MR) is 121 cm³/mol. The molecule has 2 aromatic carbocycles. The highest BCUT2D eigenvalue weighted by molar-refractivity contribution is 7.89. The summed E-state index contributed by atoms with van der Waals surface area (Å²) >= 11 is 1.58. The largest absolute Gasteiger partial charge is 0.459 e. The average Bonchev–Trinajstić information content (AvgIpc) is 3.20. The van der Waals surface area contributed by atoms with Crippen LogP contribution in [0.15, 0.2) is 58.8 Å². The van der Waals surface area contributed by atoms with Gasteiger partial charge in [0.15, 0.2) is 0 Å². The van der Waals surface area contributed by atoms with Gasteiger partial charge in [0.05, 0.1) is 4.90 Å². The van der Waals surface area contributed by atoms with E-state index < -0.39 is 21.9 Å². The summed E-state index contributed by atoms with van der Waals surface area (Å²) in [7, 11) is -3.59. The van der Waals surface area contributed by atoms with E-state index in [0.29, 0.717) is 13.1 Å². The van der Waals surface area contributed by atoms with E-state index in [0.717, 1.165) is 15.6 Å². The Hall–Kier alpha value is -2.75. The van der Waals surface area contributed by atoms with E-state index in [2.05, 4.69) is 5.32 Å². The molecule has 3 rings (SSSR count). The molecule has 0 aliphatic carbocycles. The number of sulfonamides is 1. The maximum Gasteiger partial charge on any atom is 0.325 e. The zero-order valence-electron chi connectivity index (χ0n) is 17.3. The van der Waals surface area contributed by atoms with Crippen molar-refractivity contribution >= 4 is 43.3 Å². The fourth-order valence-electron chi connectivity index (χ4n) is 3.10. The lowest BCUT2D eigenvalue weighted by molar-refractivity contribution is -0.143. The lowest BCUT2D eigenvalue weighted by Gasteiger charge is -2.18. The van der Waals surface area contributed by atoms with Gasteiger partial charge < -0.3 is 10.1 Å². The Morgan fingerprint density at radius 1 is 1.03 bits per heavy atom. The van der Waals surface area contributed by atoms with Crippen molar-refractivity contribution in [3.8, 4) is 0 Å². The van der Waals surface area contributed by atoms with E-state index in [1.54, 1.807) is 25.2 Å². The number of ether oxygens (including phenoxy) is 1. The Morgan fingerprint density at radius 2 is 1.71 bits per heavy atom. The molecule has 0 fully saturated rings. The minimum atomic E-state index is -3.59. The molecule has 0 atom stereocenters. The summed E-state index contributed by atoms with van der Waals surface area (Å²) in [5.74, 6) is -1.03. The summed E-state index contributed by atoms with van der Waals surface area (Å²) in [6.45, 7) is 4.12. The number of carbonyl (C=O) groups is 2. The van der Waals surface area contributed by atoms with Crippen molar-refractivity contribution in [3.05, 3.63) is 65.0 Å². The third-order valence-corrected chi connectivity index (χ3v) is 7.88. The van der Waals surface area contributed by atoms with Crippen LogP contribution in [0.4, 0.5) is 0 Å². The van der Waals surface area contributed by atoms with E-state index in [-0.39, 0.29) is 23.6 Å². The van der Waals surface area contributed by atoms with Gasteiger partial charge in [-0.2, -0.15) is 4.31 Å². The molecular weight excluding hydrogens is 436 g/mol. The quantitative estimate of drug-likeness (QED) is 0.494. The molecule has 0 saturated carbocycles. The van der Waals surface area contributed by atoms with E-state index in [9.17, 15) is 18.0 Å². The van der Waals surface area contributed by atoms with Crippen molar-refractivity contribution in [2.45, 2.75) is 25.3 Å². The second kappa shape index (κ2) is 10.0. The molecule has 1 amide bonds. The molecule has 1 N–H and O–H groups in total. The van der Waals surface area contributed by atoms with Crippen LogP contribution in [0, 0.1) is 0 Å². The van der Waals surface area contributed by atoms with Gasteiger partial charge in [-0.05, 0) is 41.1 Å². The zero-order valence-corrected chi connectivity index (χ0v) is 19.0. The highest BCUT2D eigenvalue weighted by Crippen LogP contribution is 2.26. The number of hydrogen-bond donors (Lipinski definition) is 1. The Morgan fingerprint density at radius 3 is 2.39 bits per heavy atom. The van der Waals surface area contributed by atoms with Crippen LogP contribution in [-0.4, -0.2) is 44.2 Å².